The molecule has 0 radical (unpaired) electrons. The highest BCUT2D eigenvalue weighted by molar-refractivity contribution is 5.24. The average Bonchev–Trinajstić information content (AvgIpc) is 2.40. The second-order valence-electron chi connectivity index (χ2n) is 4.70. The minimum Gasteiger partial charge on any atom is -0.310 e. The van der Waals surface area contributed by atoms with E-state index in [1.165, 1.54) is 16.7 Å². The van der Waals surface area contributed by atoms with Crippen molar-refractivity contribution in [2.45, 2.75) is 26.3 Å². The predicted molar refractivity (Wildman–Crippen MR) is 75.5 cm³/mol. The van der Waals surface area contributed by atoms with Gasteiger partial charge in [0.15, 0.2) is 0 Å². The number of benzene rings is 1. The Hall–Kier alpha value is -1.67. The van der Waals surface area contributed by atoms with Gasteiger partial charge in [0.25, 0.3) is 0 Å². The van der Waals surface area contributed by atoms with Crippen molar-refractivity contribution in [3.63, 3.8) is 0 Å². The Morgan fingerprint density at radius 1 is 1.17 bits per heavy atom. The highest BCUT2D eigenvalue weighted by atomic mass is 14.9. The molecule has 0 aliphatic carbocycles. The van der Waals surface area contributed by atoms with Gasteiger partial charge in [-0.05, 0) is 50.1 Å². The van der Waals surface area contributed by atoms with Crippen LogP contribution in [-0.2, 0) is 6.42 Å². The monoisotopic (exact) mass is 240 g/mol. The van der Waals surface area contributed by atoms with E-state index in [9.17, 15) is 0 Å². The van der Waals surface area contributed by atoms with E-state index in [1.807, 2.05) is 12.4 Å². The molecule has 0 unspecified atom stereocenters. The van der Waals surface area contributed by atoms with Crippen molar-refractivity contribution in [2.24, 2.45) is 0 Å². The number of nitrogens with one attached hydrogen (secondary N) is 1. The number of aromatic nitrogens is 1. The normalized spacial score (nSPS) is 12.3. The van der Waals surface area contributed by atoms with Gasteiger partial charge in [-0.15, -0.1) is 0 Å². The van der Waals surface area contributed by atoms with E-state index in [0.29, 0.717) is 6.04 Å². The van der Waals surface area contributed by atoms with Gasteiger partial charge in [0.05, 0.1) is 0 Å². The SMILES string of the molecule is Cc1cccc([C@@H](C)NCCc2ccncc2)c1. The summed E-state index contributed by atoms with van der Waals surface area (Å²) < 4.78 is 0. The smallest absolute Gasteiger partial charge is 0.0292 e. The van der Waals surface area contributed by atoms with Crippen molar-refractivity contribution >= 4 is 0 Å². The van der Waals surface area contributed by atoms with Gasteiger partial charge in [0.2, 0.25) is 0 Å². The fraction of sp³-hybridized carbons (Fsp3) is 0.312. The van der Waals surface area contributed by atoms with Crippen LogP contribution in [0, 0.1) is 6.92 Å². The molecule has 0 amide bonds. The summed E-state index contributed by atoms with van der Waals surface area (Å²) in [5, 5.41) is 3.55. The van der Waals surface area contributed by atoms with E-state index in [2.05, 4.69) is 60.5 Å². The van der Waals surface area contributed by atoms with Crippen molar-refractivity contribution < 1.29 is 0 Å². The number of hydrogen-bond acceptors (Lipinski definition) is 2. The number of hydrogen-bond donors (Lipinski definition) is 1. The lowest BCUT2D eigenvalue weighted by Gasteiger charge is -2.14. The molecule has 94 valence electrons. The quantitative estimate of drug-likeness (QED) is 0.867. The zero-order valence-electron chi connectivity index (χ0n) is 11.1. The topological polar surface area (TPSA) is 24.9 Å². The maximum absolute atomic E-state index is 4.03. The molecule has 1 N–H and O–H groups in total. The highest BCUT2D eigenvalue weighted by Gasteiger charge is 2.04. The van der Waals surface area contributed by atoms with Crippen LogP contribution in [-0.4, -0.2) is 11.5 Å². The molecule has 18 heavy (non-hydrogen) atoms. The first kappa shape index (κ1) is 12.8. The van der Waals surface area contributed by atoms with Crippen LogP contribution in [0.15, 0.2) is 48.8 Å². The summed E-state index contributed by atoms with van der Waals surface area (Å²) in [5.41, 5.74) is 3.99. The number of aryl methyl sites for hydroxylation is 1. The Kier molecular flexibility index (Phi) is 4.48. The molecule has 1 aromatic carbocycles. The van der Waals surface area contributed by atoms with Gasteiger partial charge >= 0.3 is 0 Å². The Labute approximate surface area is 109 Å². The molecule has 0 saturated carbocycles. The third-order valence-electron chi connectivity index (χ3n) is 3.16. The first-order valence-electron chi connectivity index (χ1n) is 6.44. The second kappa shape index (κ2) is 6.31. The lowest BCUT2D eigenvalue weighted by molar-refractivity contribution is 0.576. The van der Waals surface area contributed by atoms with Crippen molar-refractivity contribution in [1.29, 1.82) is 0 Å². The van der Waals surface area contributed by atoms with Crippen LogP contribution in [0.5, 0.6) is 0 Å². The Bertz CT molecular complexity index is 479. The molecule has 2 rings (SSSR count). The molecule has 0 aliphatic heterocycles. The van der Waals surface area contributed by atoms with Crippen LogP contribution in [0.2, 0.25) is 0 Å². The van der Waals surface area contributed by atoms with Crippen LogP contribution in [0.3, 0.4) is 0 Å². The van der Waals surface area contributed by atoms with E-state index in [1.54, 1.807) is 0 Å². The number of nitrogens with zero attached hydrogens (tertiary/aromatic N) is 1. The van der Waals surface area contributed by atoms with Crippen LogP contribution in [0.4, 0.5) is 0 Å². The fourth-order valence-electron chi connectivity index (χ4n) is 2.04. The molecule has 2 aromatic rings. The highest BCUT2D eigenvalue weighted by Crippen LogP contribution is 2.13. The minimum atomic E-state index is 0.395. The lowest BCUT2D eigenvalue weighted by Crippen LogP contribution is -2.21. The molecule has 1 aromatic heterocycles. The lowest BCUT2D eigenvalue weighted by atomic mass is 10.1. The zero-order valence-corrected chi connectivity index (χ0v) is 11.1. The Morgan fingerprint density at radius 2 is 1.94 bits per heavy atom. The first-order valence-corrected chi connectivity index (χ1v) is 6.44. The minimum absolute atomic E-state index is 0.395. The van der Waals surface area contributed by atoms with Crippen LogP contribution < -0.4 is 5.32 Å². The zero-order chi connectivity index (χ0) is 12.8. The molecule has 1 atom stereocenters. The third kappa shape index (κ3) is 3.67. The summed E-state index contributed by atoms with van der Waals surface area (Å²) in [6.07, 6.45) is 4.73. The molecule has 0 bridgehead atoms. The standard InChI is InChI=1S/C16H20N2/c1-13-4-3-5-16(12-13)14(2)18-11-8-15-6-9-17-10-7-15/h3-7,9-10,12,14,18H,8,11H2,1-2H3/t14-/m1/s1. The van der Waals surface area contributed by atoms with Gasteiger partial charge in [0.1, 0.15) is 0 Å². The summed E-state index contributed by atoms with van der Waals surface area (Å²) in [6, 6.07) is 13.2. The molecule has 0 fully saturated rings. The summed E-state index contributed by atoms with van der Waals surface area (Å²) in [4.78, 5) is 4.03. The Balaban J connectivity index is 1.83. The predicted octanol–water partition coefficient (Wildman–Crippen LogP) is 3.28. The van der Waals surface area contributed by atoms with E-state index < -0.39 is 0 Å². The van der Waals surface area contributed by atoms with Gasteiger partial charge in [-0.25, -0.2) is 0 Å². The summed E-state index contributed by atoms with van der Waals surface area (Å²) in [7, 11) is 0. The van der Waals surface area contributed by atoms with Crippen LogP contribution >= 0.6 is 0 Å². The summed E-state index contributed by atoms with van der Waals surface area (Å²) in [5.74, 6) is 0. The van der Waals surface area contributed by atoms with Crippen molar-refractivity contribution in [2.75, 3.05) is 6.54 Å². The molecule has 0 saturated heterocycles. The van der Waals surface area contributed by atoms with E-state index in [4.69, 9.17) is 0 Å². The molecular weight excluding hydrogens is 220 g/mol. The maximum Gasteiger partial charge on any atom is 0.0292 e. The van der Waals surface area contributed by atoms with Crippen molar-refractivity contribution in [1.82, 2.24) is 10.3 Å². The van der Waals surface area contributed by atoms with E-state index >= 15 is 0 Å². The second-order valence-corrected chi connectivity index (χ2v) is 4.70. The maximum atomic E-state index is 4.03. The molecule has 1 heterocycles. The van der Waals surface area contributed by atoms with Crippen LogP contribution in [0.1, 0.15) is 29.7 Å². The van der Waals surface area contributed by atoms with Gasteiger partial charge in [-0.3, -0.25) is 4.98 Å². The van der Waals surface area contributed by atoms with Crippen molar-refractivity contribution in [3.05, 3.63) is 65.5 Å². The van der Waals surface area contributed by atoms with Crippen molar-refractivity contribution in [3.8, 4) is 0 Å². The molecule has 2 nitrogen and oxygen atoms in total. The molecule has 0 spiro atoms. The van der Waals surface area contributed by atoms with Gasteiger partial charge in [-0.1, -0.05) is 29.8 Å². The van der Waals surface area contributed by atoms with Gasteiger partial charge in [0, 0.05) is 18.4 Å². The molecular formula is C16H20N2. The fourth-order valence-corrected chi connectivity index (χ4v) is 2.04. The van der Waals surface area contributed by atoms with E-state index in [0.717, 1.165) is 13.0 Å². The van der Waals surface area contributed by atoms with Gasteiger partial charge < -0.3 is 5.32 Å². The Morgan fingerprint density at radius 3 is 2.67 bits per heavy atom. The largest absolute Gasteiger partial charge is 0.310 e. The number of rotatable bonds is 5. The first-order chi connectivity index (χ1) is 8.75. The third-order valence-corrected chi connectivity index (χ3v) is 3.16. The van der Waals surface area contributed by atoms with E-state index in [-0.39, 0.29) is 0 Å². The average molecular weight is 240 g/mol. The van der Waals surface area contributed by atoms with Crippen LogP contribution in [0.25, 0.3) is 0 Å². The number of pyridine rings is 1. The summed E-state index contributed by atoms with van der Waals surface area (Å²) in [6.45, 7) is 5.33. The summed E-state index contributed by atoms with van der Waals surface area (Å²) >= 11 is 0. The molecule has 2 heteroatoms. The van der Waals surface area contributed by atoms with Gasteiger partial charge in [-0.2, -0.15) is 0 Å². The molecule has 0 aliphatic rings.